The predicted octanol–water partition coefficient (Wildman–Crippen LogP) is 3.69. The van der Waals surface area contributed by atoms with E-state index in [9.17, 15) is 0 Å². The highest BCUT2D eigenvalue weighted by atomic mass is 14.5. The Balaban J connectivity index is 1.95. The maximum absolute atomic E-state index is 5.63. The Labute approximate surface area is 109 Å². The Morgan fingerprint density at radius 2 is 1.44 bits per heavy atom. The number of nitrogens with two attached hydrogens (primary N) is 1. The molecule has 2 N–H and O–H groups in total. The van der Waals surface area contributed by atoms with Crippen LogP contribution in [-0.2, 0) is 19.4 Å². The maximum atomic E-state index is 5.63. The molecule has 0 spiro atoms. The molecule has 0 saturated heterocycles. The minimum atomic E-state index is 0.616. The molecule has 0 atom stereocenters. The van der Waals surface area contributed by atoms with Gasteiger partial charge in [-0.25, -0.2) is 0 Å². The van der Waals surface area contributed by atoms with Gasteiger partial charge in [0, 0.05) is 6.54 Å². The summed E-state index contributed by atoms with van der Waals surface area (Å²) in [7, 11) is 0. The smallest absolute Gasteiger partial charge is 0.0178 e. The lowest BCUT2D eigenvalue weighted by molar-refractivity contribution is 0.686. The Morgan fingerprint density at radius 3 is 2.17 bits per heavy atom. The zero-order valence-electron chi connectivity index (χ0n) is 10.7. The van der Waals surface area contributed by atoms with E-state index in [2.05, 4.69) is 42.5 Å². The fourth-order valence-electron chi connectivity index (χ4n) is 2.75. The van der Waals surface area contributed by atoms with Crippen LogP contribution in [0.3, 0.4) is 0 Å². The Morgan fingerprint density at radius 1 is 0.778 bits per heavy atom. The van der Waals surface area contributed by atoms with E-state index in [1.165, 1.54) is 42.4 Å². The minimum Gasteiger partial charge on any atom is -0.326 e. The van der Waals surface area contributed by atoms with Crippen LogP contribution in [0.1, 0.15) is 29.5 Å². The van der Waals surface area contributed by atoms with Crippen LogP contribution >= 0.6 is 0 Å². The Bertz CT molecular complexity index is 540. The molecule has 0 bridgehead atoms. The third kappa shape index (κ3) is 2.19. The van der Waals surface area contributed by atoms with E-state index in [1.54, 1.807) is 11.1 Å². The van der Waals surface area contributed by atoms with Gasteiger partial charge in [0.05, 0.1) is 0 Å². The Kier molecular flexibility index (Phi) is 3.16. The normalized spacial score (nSPS) is 14.3. The first-order chi connectivity index (χ1) is 8.86. The standard InChI is InChI=1S/C17H19N/c18-12-13-5-7-15(8-6-13)17-10-9-14-3-1-2-4-16(14)11-17/h5-11H,1-4,12,18H2. The molecule has 1 aliphatic carbocycles. The quantitative estimate of drug-likeness (QED) is 0.847. The van der Waals surface area contributed by atoms with Crippen molar-refractivity contribution in [1.82, 2.24) is 0 Å². The van der Waals surface area contributed by atoms with Gasteiger partial charge in [-0.3, -0.25) is 0 Å². The van der Waals surface area contributed by atoms with E-state index in [4.69, 9.17) is 5.73 Å². The number of hydrogen-bond acceptors (Lipinski definition) is 1. The van der Waals surface area contributed by atoms with E-state index in [0.29, 0.717) is 6.54 Å². The summed E-state index contributed by atoms with van der Waals surface area (Å²) in [5.41, 5.74) is 12.5. The lowest BCUT2D eigenvalue weighted by Gasteiger charge is -2.16. The fraction of sp³-hybridized carbons (Fsp3) is 0.294. The molecule has 0 radical (unpaired) electrons. The first kappa shape index (κ1) is 11.5. The van der Waals surface area contributed by atoms with Crippen LogP contribution in [0.15, 0.2) is 42.5 Å². The van der Waals surface area contributed by atoms with Gasteiger partial charge < -0.3 is 5.73 Å². The van der Waals surface area contributed by atoms with Gasteiger partial charge in [0.2, 0.25) is 0 Å². The van der Waals surface area contributed by atoms with Crippen molar-refractivity contribution in [3.8, 4) is 11.1 Å². The van der Waals surface area contributed by atoms with Crippen LogP contribution in [0.2, 0.25) is 0 Å². The van der Waals surface area contributed by atoms with Gasteiger partial charge in [0.1, 0.15) is 0 Å². The second-order valence-corrected chi connectivity index (χ2v) is 5.09. The largest absolute Gasteiger partial charge is 0.326 e. The van der Waals surface area contributed by atoms with Gasteiger partial charge in [-0.15, -0.1) is 0 Å². The van der Waals surface area contributed by atoms with Crippen molar-refractivity contribution in [1.29, 1.82) is 0 Å². The minimum absolute atomic E-state index is 0.616. The summed E-state index contributed by atoms with van der Waals surface area (Å²) < 4.78 is 0. The average molecular weight is 237 g/mol. The molecular formula is C17H19N. The van der Waals surface area contributed by atoms with Crippen LogP contribution in [0.4, 0.5) is 0 Å². The van der Waals surface area contributed by atoms with Gasteiger partial charge in [0.15, 0.2) is 0 Å². The molecule has 1 nitrogen and oxygen atoms in total. The zero-order valence-corrected chi connectivity index (χ0v) is 10.7. The second-order valence-electron chi connectivity index (χ2n) is 5.09. The van der Waals surface area contributed by atoms with E-state index in [0.717, 1.165) is 0 Å². The van der Waals surface area contributed by atoms with E-state index in [1.807, 2.05) is 0 Å². The molecule has 0 heterocycles. The topological polar surface area (TPSA) is 26.0 Å². The van der Waals surface area contributed by atoms with Crippen molar-refractivity contribution in [2.75, 3.05) is 0 Å². The lowest BCUT2D eigenvalue weighted by Crippen LogP contribution is -2.02. The van der Waals surface area contributed by atoms with Gasteiger partial charge in [-0.2, -0.15) is 0 Å². The van der Waals surface area contributed by atoms with Gasteiger partial charge in [-0.05, 0) is 53.5 Å². The number of rotatable bonds is 2. The molecule has 0 saturated carbocycles. The predicted molar refractivity (Wildman–Crippen MR) is 76.4 cm³/mol. The summed E-state index contributed by atoms with van der Waals surface area (Å²) in [4.78, 5) is 0. The highest BCUT2D eigenvalue weighted by Crippen LogP contribution is 2.27. The van der Waals surface area contributed by atoms with Crippen LogP contribution < -0.4 is 5.73 Å². The Hall–Kier alpha value is -1.60. The van der Waals surface area contributed by atoms with E-state index in [-0.39, 0.29) is 0 Å². The average Bonchev–Trinajstić information content (AvgIpc) is 2.47. The summed E-state index contributed by atoms with van der Waals surface area (Å²) in [6.07, 6.45) is 5.17. The highest BCUT2D eigenvalue weighted by molar-refractivity contribution is 5.65. The first-order valence-corrected chi connectivity index (χ1v) is 6.78. The summed E-state index contributed by atoms with van der Waals surface area (Å²) in [5, 5.41) is 0. The third-order valence-corrected chi connectivity index (χ3v) is 3.87. The molecule has 92 valence electrons. The van der Waals surface area contributed by atoms with E-state index < -0.39 is 0 Å². The molecule has 0 unspecified atom stereocenters. The summed E-state index contributed by atoms with van der Waals surface area (Å²) in [6.45, 7) is 0.616. The molecule has 0 amide bonds. The van der Waals surface area contributed by atoms with Crippen molar-refractivity contribution in [3.05, 3.63) is 59.2 Å². The van der Waals surface area contributed by atoms with Crippen LogP contribution in [-0.4, -0.2) is 0 Å². The maximum Gasteiger partial charge on any atom is 0.0178 e. The molecule has 0 aliphatic heterocycles. The molecule has 1 heteroatoms. The van der Waals surface area contributed by atoms with Crippen molar-refractivity contribution in [3.63, 3.8) is 0 Å². The van der Waals surface area contributed by atoms with E-state index >= 15 is 0 Å². The molecule has 3 rings (SSSR count). The second kappa shape index (κ2) is 4.95. The van der Waals surface area contributed by atoms with Crippen LogP contribution in [0.25, 0.3) is 11.1 Å². The molecule has 2 aromatic rings. The lowest BCUT2D eigenvalue weighted by atomic mass is 9.89. The molecule has 2 aromatic carbocycles. The number of benzene rings is 2. The van der Waals surface area contributed by atoms with Gasteiger partial charge >= 0.3 is 0 Å². The van der Waals surface area contributed by atoms with Crippen molar-refractivity contribution >= 4 is 0 Å². The number of hydrogen-bond donors (Lipinski definition) is 1. The van der Waals surface area contributed by atoms with Gasteiger partial charge in [0.25, 0.3) is 0 Å². The molecule has 18 heavy (non-hydrogen) atoms. The summed E-state index contributed by atoms with van der Waals surface area (Å²) in [5.74, 6) is 0. The molecule has 0 fully saturated rings. The molecular weight excluding hydrogens is 218 g/mol. The highest BCUT2D eigenvalue weighted by Gasteiger charge is 2.09. The van der Waals surface area contributed by atoms with Crippen molar-refractivity contribution < 1.29 is 0 Å². The summed E-state index contributed by atoms with van der Waals surface area (Å²) in [6, 6.07) is 15.5. The number of fused-ring (bicyclic) bond motifs is 1. The zero-order chi connectivity index (χ0) is 12.4. The SMILES string of the molecule is NCc1ccc(-c2ccc3c(c2)CCCC3)cc1. The number of aryl methyl sites for hydroxylation is 2. The van der Waals surface area contributed by atoms with Gasteiger partial charge in [-0.1, -0.05) is 42.5 Å². The molecule has 1 aliphatic rings. The van der Waals surface area contributed by atoms with Crippen molar-refractivity contribution in [2.24, 2.45) is 5.73 Å². The van der Waals surface area contributed by atoms with Crippen molar-refractivity contribution in [2.45, 2.75) is 32.2 Å². The third-order valence-electron chi connectivity index (χ3n) is 3.87. The fourth-order valence-corrected chi connectivity index (χ4v) is 2.75. The van der Waals surface area contributed by atoms with Crippen LogP contribution in [0.5, 0.6) is 0 Å². The molecule has 0 aromatic heterocycles. The summed E-state index contributed by atoms with van der Waals surface area (Å²) >= 11 is 0. The van der Waals surface area contributed by atoms with Crippen LogP contribution in [0, 0.1) is 0 Å². The first-order valence-electron chi connectivity index (χ1n) is 6.78. The monoisotopic (exact) mass is 237 g/mol.